The van der Waals surface area contributed by atoms with Crippen molar-refractivity contribution < 1.29 is 9.53 Å². The van der Waals surface area contributed by atoms with E-state index in [-0.39, 0.29) is 18.1 Å². The topological polar surface area (TPSA) is 91.9 Å². The summed E-state index contributed by atoms with van der Waals surface area (Å²) in [5.41, 5.74) is 4.27. The summed E-state index contributed by atoms with van der Waals surface area (Å²) in [5, 5.41) is 15.5. The molecule has 0 radical (unpaired) electrons. The minimum Gasteiger partial charge on any atom is -0.490 e. The fraction of sp³-hybridized carbons (Fsp3) is 0.367. The van der Waals surface area contributed by atoms with Crippen LogP contribution in [0.15, 0.2) is 66.9 Å². The number of carbonyl (C=O) groups excluding carboxylic acids is 1. The van der Waals surface area contributed by atoms with Crippen molar-refractivity contribution in [3.63, 3.8) is 0 Å². The van der Waals surface area contributed by atoms with Crippen LogP contribution in [-0.4, -0.2) is 39.3 Å². The molecule has 3 N–H and O–H groups in total. The number of pyridine rings is 1. The molecular formula is C30H31N5O2. The van der Waals surface area contributed by atoms with Crippen LogP contribution in [0.4, 0.5) is 0 Å². The first-order chi connectivity index (χ1) is 18.2. The number of fused-ring (bicyclic) bond motifs is 3. The van der Waals surface area contributed by atoms with Crippen LogP contribution in [0.3, 0.4) is 0 Å². The molecule has 0 spiro atoms. The van der Waals surface area contributed by atoms with Gasteiger partial charge in [0.05, 0.1) is 22.9 Å². The summed E-state index contributed by atoms with van der Waals surface area (Å²) in [4.78, 5) is 17.8. The Morgan fingerprint density at radius 3 is 2.51 bits per heavy atom. The van der Waals surface area contributed by atoms with E-state index in [0.29, 0.717) is 23.6 Å². The Morgan fingerprint density at radius 2 is 1.78 bits per heavy atom. The molecule has 7 nitrogen and oxygen atoms in total. The zero-order valence-electron chi connectivity index (χ0n) is 20.7. The number of ether oxygens (including phenoxy) is 1. The molecule has 7 heteroatoms. The lowest BCUT2D eigenvalue weighted by Gasteiger charge is -2.29. The van der Waals surface area contributed by atoms with Gasteiger partial charge < -0.3 is 15.4 Å². The largest absolute Gasteiger partial charge is 0.490 e. The highest BCUT2D eigenvalue weighted by molar-refractivity contribution is 6.01. The number of nitrogens with zero attached hydrogens (tertiary/aromatic N) is 2. The molecule has 4 atom stereocenters. The Labute approximate surface area is 216 Å². The number of carbonyl (C=O) groups is 1. The van der Waals surface area contributed by atoms with Gasteiger partial charge in [0.25, 0.3) is 5.91 Å². The molecule has 3 fully saturated rings. The van der Waals surface area contributed by atoms with E-state index in [4.69, 9.17) is 4.74 Å². The molecule has 4 heterocycles. The molecule has 1 aliphatic carbocycles. The molecule has 188 valence electrons. The second-order valence-corrected chi connectivity index (χ2v) is 10.7. The lowest BCUT2D eigenvalue weighted by Crippen LogP contribution is -2.42. The molecule has 2 aliphatic heterocycles. The quantitative estimate of drug-likeness (QED) is 0.330. The van der Waals surface area contributed by atoms with Crippen molar-refractivity contribution in [1.82, 2.24) is 25.8 Å². The molecule has 4 aromatic rings. The maximum absolute atomic E-state index is 13.3. The van der Waals surface area contributed by atoms with Gasteiger partial charge in [0.1, 0.15) is 11.9 Å². The predicted octanol–water partition coefficient (Wildman–Crippen LogP) is 5.17. The second kappa shape index (κ2) is 9.30. The van der Waals surface area contributed by atoms with Crippen LogP contribution in [0.2, 0.25) is 0 Å². The Kier molecular flexibility index (Phi) is 5.65. The summed E-state index contributed by atoms with van der Waals surface area (Å²) in [6.07, 6.45) is 8.98. The van der Waals surface area contributed by atoms with Gasteiger partial charge in [-0.15, -0.1) is 0 Å². The Morgan fingerprint density at radius 1 is 0.973 bits per heavy atom. The third-order valence-electron chi connectivity index (χ3n) is 8.07. The van der Waals surface area contributed by atoms with Gasteiger partial charge in [-0.2, -0.15) is 5.10 Å². The average Bonchev–Trinajstić information content (AvgIpc) is 3.60. The lowest BCUT2D eigenvalue weighted by molar-refractivity contribution is 0.0930. The maximum atomic E-state index is 13.3. The number of aromatic amines is 1. The summed E-state index contributed by atoms with van der Waals surface area (Å²) < 4.78 is 6.32. The van der Waals surface area contributed by atoms with E-state index < -0.39 is 0 Å². The van der Waals surface area contributed by atoms with Crippen LogP contribution in [0.5, 0.6) is 5.75 Å². The van der Waals surface area contributed by atoms with Crippen molar-refractivity contribution in [2.45, 2.75) is 62.8 Å². The average molecular weight is 494 g/mol. The van der Waals surface area contributed by atoms with Gasteiger partial charge in [0, 0.05) is 34.8 Å². The van der Waals surface area contributed by atoms with Crippen LogP contribution < -0.4 is 15.4 Å². The Bertz CT molecular complexity index is 1400. The van der Waals surface area contributed by atoms with Gasteiger partial charge in [-0.25, -0.2) is 0 Å². The van der Waals surface area contributed by atoms with Crippen molar-refractivity contribution in [2.75, 3.05) is 0 Å². The van der Waals surface area contributed by atoms with Crippen LogP contribution in [0, 0.1) is 5.92 Å². The summed E-state index contributed by atoms with van der Waals surface area (Å²) in [5.74, 6) is 1.26. The van der Waals surface area contributed by atoms with E-state index in [0.717, 1.165) is 59.3 Å². The highest BCUT2D eigenvalue weighted by Gasteiger charge is 2.35. The van der Waals surface area contributed by atoms with Gasteiger partial charge in [0.2, 0.25) is 0 Å². The van der Waals surface area contributed by atoms with Gasteiger partial charge >= 0.3 is 0 Å². The first kappa shape index (κ1) is 22.5. The number of aromatic nitrogens is 3. The summed E-state index contributed by atoms with van der Waals surface area (Å²) in [7, 11) is 0. The zero-order valence-corrected chi connectivity index (χ0v) is 20.7. The van der Waals surface area contributed by atoms with Crippen LogP contribution in [-0.2, 0) is 0 Å². The number of H-pyrrole nitrogens is 1. The number of nitrogens with one attached hydrogen (secondary N) is 3. The molecule has 37 heavy (non-hydrogen) atoms. The number of amides is 1. The standard InChI is InChI=1S/C30H31N5O2/c36-30(33-29(19-4-5-19)27-3-1-2-14-31-27)20-8-13-26-25(15-20)28(35-34-26)18-6-11-23(12-7-18)37-24-16-21-9-10-22(17-24)32-21/h1-3,6-8,11-15,19,21-22,24,29,32H,4-5,9-10,16-17H2,(H,33,36)(H,34,35)/t21-,22+,24-,29?. The molecular weight excluding hydrogens is 462 g/mol. The molecule has 3 aliphatic rings. The lowest BCUT2D eigenvalue weighted by atomic mass is 10.0. The predicted molar refractivity (Wildman–Crippen MR) is 142 cm³/mol. The number of hydrogen-bond donors (Lipinski definition) is 3. The normalized spacial score (nSPS) is 23.6. The van der Waals surface area contributed by atoms with E-state index >= 15 is 0 Å². The van der Waals surface area contributed by atoms with Crippen molar-refractivity contribution in [1.29, 1.82) is 0 Å². The fourth-order valence-corrected chi connectivity index (χ4v) is 6.01. The fourth-order valence-electron chi connectivity index (χ4n) is 6.01. The monoisotopic (exact) mass is 493 g/mol. The van der Waals surface area contributed by atoms with Crippen molar-refractivity contribution in [2.24, 2.45) is 5.92 Å². The first-order valence-corrected chi connectivity index (χ1v) is 13.4. The number of benzene rings is 2. The summed E-state index contributed by atoms with van der Waals surface area (Å²) >= 11 is 0. The van der Waals surface area contributed by atoms with Gasteiger partial charge in [0.15, 0.2) is 0 Å². The molecule has 2 saturated heterocycles. The van der Waals surface area contributed by atoms with E-state index in [1.165, 1.54) is 12.8 Å². The van der Waals surface area contributed by atoms with Crippen molar-refractivity contribution >= 4 is 16.8 Å². The molecule has 2 aromatic carbocycles. The Balaban J connectivity index is 1.09. The van der Waals surface area contributed by atoms with Crippen molar-refractivity contribution in [3.05, 3.63) is 78.1 Å². The summed E-state index contributed by atoms with van der Waals surface area (Å²) in [6.45, 7) is 0. The molecule has 1 unspecified atom stereocenters. The SMILES string of the molecule is O=C(NC(c1ccccn1)C1CC1)c1ccc2[nH]nc(-c3ccc(O[C@@H]4C[C@H]5CC[C@@H](C4)N5)cc3)c2c1. The minimum absolute atomic E-state index is 0.0594. The first-order valence-electron chi connectivity index (χ1n) is 13.4. The van der Waals surface area contributed by atoms with E-state index in [1.807, 2.05) is 48.5 Å². The smallest absolute Gasteiger partial charge is 0.251 e. The second-order valence-electron chi connectivity index (χ2n) is 10.7. The van der Waals surface area contributed by atoms with Gasteiger partial charge in [-0.1, -0.05) is 6.07 Å². The van der Waals surface area contributed by atoms with E-state index in [1.54, 1.807) is 6.20 Å². The molecule has 1 amide bonds. The Hall–Kier alpha value is -3.71. The van der Waals surface area contributed by atoms with E-state index in [9.17, 15) is 4.79 Å². The maximum Gasteiger partial charge on any atom is 0.251 e. The molecule has 2 bridgehead atoms. The minimum atomic E-state index is -0.0868. The number of piperidine rings is 1. The van der Waals surface area contributed by atoms with Gasteiger partial charge in [-0.05, 0) is 99.0 Å². The molecule has 2 aromatic heterocycles. The van der Waals surface area contributed by atoms with Crippen LogP contribution in [0.25, 0.3) is 22.2 Å². The highest BCUT2D eigenvalue weighted by atomic mass is 16.5. The van der Waals surface area contributed by atoms with Crippen molar-refractivity contribution in [3.8, 4) is 17.0 Å². The zero-order chi connectivity index (χ0) is 24.8. The van der Waals surface area contributed by atoms with Crippen LogP contribution in [0.1, 0.15) is 60.6 Å². The number of rotatable bonds is 7. The molecule has 1 saturated carbocycles. The number of hydrogen-bond acceptors (Lipinski definition) is 5. The molecule has 7 rings (SSSR count). The van der Waals surface area contributed by atoms with Crippen LogP contribution >= 0.6 is 0 Å². The summed E-state index contributed by atoms with van der Waals surface area (Å²) in [6, 6.07) is 20.9. The highest BCUT2D eigenvalue weighted by Crippen LogP contribution is 2.40. The third kappa shape index (κ3) is 4.60. The van der Waals surface area contributed by atoms with Gasteiger partial charge in [-0.3, -0.25) is 14.9 Å². The third-order valence-corrected chi connectivity index (χ3v) is 8.07. The van der Waals surface area contributed by atoms with E-state index in [2.05, 4.69) is 37.9 Å².